The van der Waals surface area contributed by atoms with Crippen molar-refractivity contribution in [3.05, 3.63) is 35.3 Å². The van der Waals surface area contributed by atoms with Gasteiger partial charge in [-0.3, -0.25) is 4.98 Å². The fourth-order valence-corrected chi connectivity index (χ4v) is 1.76. The summed E-state index contributed by atoms with van der Waals surface area (Å²) in [5.74, 6) is 0. The number of aromatic nitrogens is 3. The molecule has 0 aliphatic carbocycles. The molecule has 1 N–H and O–H groups in total. The summed E-state index contributed by atoms with van der Waals surface area (Å²) in [7, 11) is 0. The summed E-state index contributed by atoms with van der Waals surface area (Å²) in [6.07, 6.45) is 6.89. The molecular formula is C9H10N4S. The Hall–Kier alpha value is -1.49. The molecule has 0 saturated heterocycles. The van der Waals surface area contributed by atoms with Crippen LogP contribution in [0.4, 0.5) is 5.69 Å². The molecule has 1 unspecified atom stereocenters. The number of hydrogen-bond acceptors (Lipinski definition) is 5. The molecule has 0 aliphatic heterocycles. The maximum Gasteiger partial charge on any atom is 0.115 e. The maximum atomic E-state index is 4.03. The first-order valence-electron chi connectivity index (χ1n) is 4.26. The molecule has 0 fully saturated rings. The fourth-order valence-electron chi connectivity index (χ4n) is 1.13. The van der Waals surface area contributed by atoms with Gasteiger partial charge in [-0.1, -0.05) is 0 Å². The zero-order valence-electron chi connectivity index (χ0n) is 7.71. The van der Waals surface area contributed by atoms with Crippen LogP contribution in [-0.2, 0) is 0 Å². The lowest BCUT2D eigenvalue weighted by molar-refractivity contribution is 0.898. The molecule has 4 nitrogen and oxygen atoms in total. The SMILES string of the molecule is CC(Nc1cncnc1)c1cncs1. The van der Waals surface area contributed by atoms with Gasteiger partial charge in [0.25, 0.3) is 0 Å². The molecule has 0 amide bonds. The molecule has 0 aromatic carbocycles. The van der Waals surface area contributed by atoms with Crippen LogP contribution in [-0.4, -0.2) is 15.0 Å². The van der Waals surface area contributed by atoms with Gasteiger partial charge in [-0.25, -0.2) is 9.97 Å². The third kappa shape index (κ3) is 2.05. The Labute approximate surface area is 86.1 Å². The molecule has 72 valence electrons. The lowest BCUT2D eigenvalue weighted by Crippen LogP contribution is -2.05. The van der Waals surface area contributed by atoms with E-state index in [1.165, 1.54) is 11.2 Å². The molecule has 0 radical (unpaired) electrons. The van der Waals surface area contributed by atoms with Crippen LogP contribution < -0.4 is 5.32 Å². The van der Waals surface area contributed by atoms with Crippen LogP contribution in [0.25, 0.3) is 0 Å². The summed E-state index contributed by atoms with van der Waals surface area (Å²) in [5.41, 5.74) is 2.75. The van der Waals surface area contributed by atoms with Crippen molar-refractivity contribution in [3.63, 3.8) is 0 Å². The fraction of sp³-hybridized carbons (Fsp3) is 0.222. The van der Waals surface area contributed by atoms with E-state index < -0.39 is 0 Å². The molecule has 0 bridgehead atoms. The molecule has 14 heavy (non-hydrogen) atoms. The van der Waals surface area contributed by atoms with Crippen LogP contribution in [0.1, 0.15) is 17.8 Å². The van der Waals surface area contributed by atoms with Crippen molar-refractivity contribution in [1.29, 1.82) is 0 Å². The monoisotopic (exact) mass is 206 g/mol. The second kappa shape index (κ2) is 4.15. The second-order valence-electron chi connectivity index (χ2n) is 2.90. The summed E-state index contributed by atoms with van der Waals surface area (Å²) in [5, 5.41) is 3.29. The topological polar surface area (TPSA) is 50.7 Å². The van der Waals surface area contributed by atoms with Crippen LogP contribution in [0.3, 0.4) is 0 Å². The quantitative estimate of drug-likeness (QED) is 0.835. The summed E-state index contributed by atoms with van der Waals surface area (Å²) < 4.78 is 0. The molecular weight excluding hydrogens is 196 g/mol. The van der Waals surface area contributed by atoms with Crippen molar-refractivity contribution < 1.29 is 0 Å². The highest BCUT2D eigenvalue weighted by Crippen LogP contribution is 2.20. The first kappa shape index (κ1) is 9.08. The molecule has 0 saturated carbocycles. The predicted octanol–water partition coefficient (Wildman–Crippen LogP) is 2.11. The van der Waals surface area contributed by atoms with Crippen molar-refractivity contribution in [3.8, 4) is 0 Å². The minimum atomic E-state index is 0.244. The van der Waals surface area contributed by atoms with Gasteiger partial charge in [-0.05, 0) is 6.92 Å². The van der Waals surface area contributed by atoms with Crippen molar-refractivity contribution in [2.24, 2.45) is 0 Å². The van der Waals surface area contributed by atoms with Gasteiger partial charge in [-0.15, -0.1) is 11.3 Å². The average molecular weight is 206 g/mol. The Bertz CT molecular complexity index is 373. The molecule has 1 atom stereocenters. The van der Waals surface area contributed by atoms with Crippen molar-refractivity contribution >= 4 is 17.0 Å². The first-order chi connectivity index (χ1) is 6.86. The van der Waals surface area contributed by atoms with E-state index in [0.29, 0.717) is 0 Å². The second-order valence-corrected chi connectivity index (χ2v) is 3.81. The van der Waals surface area contributed by atoms with Crippen molar-refractivity contribution in [2.75, 3.05) is 5.32 Å². The van der Waals surface area contributed by atoms with Crippen LogP contribution in [0.2, 0.25) is 0 Å². The van der Waals surface area contributed by atoms with E-state index in [9.17, 15) is 0 Å². The Morgan fingerprint density at radius 3 is 2.64 bits per heavy atom. The Kier molecular flexibility index (Phi) is 2.69. The lowest BCUT2D eigenvalue weighted by Gasteiger charge is -2.11. The number of hydrogen-bond donors (Lipinski definition) is 1. The number of rotatable bonds is 3. The number of thiazole rings is 1. The maximum absolute atomic E-state index is 4.03. The molecule has 2 rings (SSSR count). The minimum absolute atomic E-state index is 0.244. The van der Waals surface area contributed by atoms with E-state index in [1.807, 2.05) is 11.7 Å². The third-order valence-electron chi connectivity index (χ3n) is 1.82. The van der Waals surface area contributed by atoms with Gasteiger partial charge in [0.15, 0.2) is 0 Å². The van der Waals surface area contributed by atoms with Gasteiger partial charge < -0.3 is 5.32 Å². The molecule has 2 aromatic heterocycles. The van der Waals surface area contributed by atoms with Crippen LogP contribution in [0, 0.1) is 0 Å². The Morgan fingerprint density at radius 2 is 2.00 bits per heavy atom. The number of nitrogens with one attached hydrogen (secondary N) is 1. The van der Waals surface area contributed by atoms with Gasteiger partial charge in [0.05, 0.1) is 29.6 Å². The van der Waals surface area contributed by atoms with E-state index in [2.05, 4.69) is 27.2 Å². The van der Waals surface area contributed by atoms with E-state index in [-0.39, 0.29) is 6.04 Å². The highest BCUT2D eigenvalue weighted by molar-refractivity contribution is 7.09. The van der Waals surface area contributed by atoms with Crippen LogP contribution >= 0.6 is 11.3 Å². The average Bonchev–Trinajstić information content (AvgIpc) is 2.72. The Balaban J connectivity index is 2.06. The molecule has 2 heterocycles. The van der Waals surface area contributed by atoms with E-state index in [0.717, 1.165) is 5.69 Å². The van der Waals surface area contributed by atoms with E-state index in [1.54, 1.807) is 23.7 Å². The first-order valence-corrected chi connectivity index (χ1v) is 5.14. The van der Waals surface area contributed by atoms with Gasteiger partial charge in [0.2, 0.25) is 0 Å². The molecule has 0 spiro atoms. The largest absolute Gasteiger partial charge is 0.375 e. The highest BCUT2D eigenvalue weighted by atomic mass is 32.1. The Morgan fingerprint density at radius 1 is 1.21 bits per heavy atom. The standard InChI is InChI=1S/C9H10N4S/c1-7(9-4-12-6-14-9)13-8-2-10-5-11-3-8/h2-7,13H,1H3. The molecule has 0 aliphatic rings. The van der Waals surface area contributed by atoms with Crippen LogP contribution in [0.5, 0.6) is 0 Å². The molecule has 5 heteroatoms. The number of anilines is 1. The normalized spacial score (nSPS) is 12.4. The van der Waals surface area contributed by atoms with Gasteiger partial charge >= 0.3 is 0 Å². The summed E-state index contributed by atoms with van der Waals surface area (Å²) in [6.45, 7) is 2.08. The van der Waals surface area contributed by atoms with Crippen molar-refractivity contribution in [2.45, 2.75) is 13.0 Å². The smallest absolute Gasteiger partial charge is 0.115 e. The van der Waals surface area contributed by atoms with Gasteiger partial charge in [0.1, 0.15) is 6.33 Å². The number of nitrogens with zero attached hydrogens (tertiary/aromatic N) is 3. The predicted molar refractivity (Wildman–Crippen MR) is 56.2 cm³/mol. The minimum Gasteiger partial charge on any atom is -0.375 e. The van der Waals surface area contributed by atoms with Gasteiger partial charge in [-0.2, -0.15) is 0 Å². The van der Waals surface area contributed by atoms with Gasteiger partial charge in [0, 0.05) is 11.1 Å². The molecule has 2 aromatic rings. The summed E-state index contributed by atoms with van der Waals surface area (Å²) in [4.78, 5) is 13.1. The summed E-state index contributed by atoms with van der Waals surface area (Å²) >= 11 is 1.64. The van der Waals surface area contributed by atoms with Crippen molar-refractivity contribution in [1.82, 2.24) is 15.0 Å². The van der Waals surface area contributed by atoms with Crippen LogP contribution in [0.15, 0.2) is 30.4 Å². The third-order valence-corrected chi connectivity index (χ3v) is 2.78. The zero-order valence-corrected chi connectivity index (χ0v) is 8.53. The lowest BCUT2D eigenvalue weighted by atomic mass is 10.3. The zero-order chi connectivity index (χ0) is 9.80. The van der Waals surface area contributed by atoms with E-state index in [4.69, 9.17) is 0 Å². The highest BCUT2D eigenvalue weighted by Gasteiger charge is 2.06. The van der Waals surface area contributed by atoms with E-state index >= 15 is 0 Å². The summed E-state index contributed by atoms with van der Waals surface area (Å²) in [6, 6.07) is 0.244.